The molecule has 7 nitrogen and oxygen atoms in total. The number of benzene rings is 1. The SMILES string of the molecule is CC(C)(C)c1cc2c(-c3ccc(S(=O)(=O)NC4CCS(O)(O)CC4)cc3)ccnc2[nH]1. The van der Waals surface area contributed by atoms with Crippen LogP contribution in [0.4, 0.5) is 0 Å². The minimum Gasteiger partial charge on any atom is -0.343 e. The molecule has 168 valence electrons. The van der Waals surface area contributed by atoms with Gasteiger partial charge in [0, 0.05) is 40.2 Å². The van der Waals surface area contributed by atoms with E-state index in [1.54, 1.807) is 18.3 Å². The molecule has 31 heavy (non-hydrogen) atoms. The first-order valence-electron chi connectivity index (χ1n) is 10.3. The van der Waals surface area contributed by atoms with Crippen molar-refractivity contribution in [1.82, 2.24) is 14.7 Å². The molecular formula is C22H29N3O4S2. The molecule has 1 aliphatic heterocycles. The number of aromatic amines is 1. The van der Waals surface area contributed by atoms with Crippen LogP contribution in [-0.2, 0) is 15.4 Å². The third-order valence-corrected chi connectivity index (χ3v) is 9.04. The van der Waals surface area contributed by atoms with Crippen molar-refractivity contribution in [1.29, 1.82) is 0 Å². The van der Waals surface area contributed by atoms with Crippen molar-refractivity contribution < 1.29 is 17.5 Å². The van der Waals surface area contributed by atoms with E-state index in [0.29, 0.717) is 12.8 Å². The predicted molar refractivity (Wildman–Crippen MR) is 126 cm³/mol. The Morgan fingerprint density at radius 2 is 1.74 bits per heavy atom. The monoisotopic (exact) mass is 463 g/mol. The number of hydrogen-bond acceptors (Lipinski definition) is 5. The van der Waals surface area contributed by atoms with Crippen LogP contribution in [0.1, 0.15) is 39.3 Å². The van der Waals surface area contributed by atoms with Crippen LogP contribution in [0, 0.1) is 0 Å². The Morgan fingerprint density at radius 3 is 2.35 bits per heavy atom. The van der Waals surface area contributed by atoms with E-state index in [2.05, 4.69) is 41.5 Å². The van der Waals surface area contributed by atoms with Crippen LogP contribution in [0.25, 0.3) is 22.2 Å². The molecule has 3 heterocycles. The molecule has 0 amide bonds. The zero-order chi connectivity index (χ0) is 22.4. The average molecular weight is 464 g/mol. The van der Waals surface area contributed by atoms with Crippen LogP contribution in [0.3, 0.4) is 0 Å². The Balaban J connectivity index is 1.58. The van der Waals surface area contributed by atoms with E-state index < -0.39 is 20.6 Å². The summed E-state index contributed by atoms with van der Waals surface area (Å²) < 4.78 is 47.7. The number of aromatic nitrogens is 2. The summed E-state index contributed by atoms with van der Waals surface area (Å²) >= 11 is 0. The lowest BCUT2D eigenvalue weighted by Gasteiger charge is -2.39. The summed E-state index contributed by atoms with van der Waals surface area (Å²) in [7, 11) is -6.22. The highest BCUT2D eigenvalue weighted by molar-refractivity contribution is 8.24. The van der Waals surface area contributed by atoms with Gasteiger partial charge in [-0.15, -0.1) is 0 Å². The van der Waals surface area contributed by atoms with Crippen LogP contribution >= 0.6 is 10.6 Å². The number of H-pyrrole nitrogens is 1. The summed E-state index contributed by atoms with van der Waals surface area (Å²) in [6.45, 7) is 6.41. The number of nitrogens with one attached hydrogen (secondary N) is 2. The van der Waals surface area contributed by atoms with E-state index in [9.17, 15) is 17.5 Å². The smallest absolute Gasteiger partial charge is 0.240 e. The number of hydrogen-bond donors (Lipinski definition) is 4. The number of fused-ring (bicyclic) bond motifs is 1. The maximum Gasteiger partial charge on any atom is 0.240 e. The van der Waals surface area contributed by atoms with E-state index >= 15 is 0 Å². The number of nitrogens with zero attached hydrogens (tertiary/aromatic N) is 1. The molecule has 2 aromatic heterocycles. The first-order chi connectivity index (χ1) is 14.4. The Kier molecular flexibility index (Phi) is 5.68. The number of sulfonamides is 1. The highest BCUT2D eigenvalue weighted by Crippen LogP contribution is 2.44. The highest BCUT2D eigenvalue weighted by atomic mass is 32.3. The number of pyridine rings is 1. The summed E-state index contributed by atoms with van der Waals surface area (Å²) in [4.78, 5) is 8.02. The molecule has 0 spiro atoms. The van der Waals surface area contributed by atoms with Crippen molar-refractivity contribution in [3.05, 3.63) is 48.3 Å². The second-order valence-corrected chi connectivity index (χ2v) is 13.3. The standard InChI is InChI=1S/C22H29N3O4S2/c1-22(2,3)20-14-19-18(8-11-23-21(19)24-20)15-4-6-17(7-5-15)31(28,29)25-16-9-12-30(26,27)13-10-16/h4-8,11,14,16,25-27H,9-10,12-13H2,1-3H3,(H,23,24). The summed E-state index contributed by atoms with van der Waals surface area (Å²) in [6.07, 6.45) is 2.61. The lowest BCUT2D eigenvalue weighted by atomic mass is 9.92. The second kappa shape index (κ2) is 7.90. The van der Waals surface area contributed by atoms with Crippen molar-refractivity contribution in [3.8, 4) is 11.1 Å². The molecule has 1 aliphatic rings. The molecule has 1 saturated heterocycles. The molecule has 0 aliphatic carbocycles. The molecule has 0 radical (unpaired) electrons. The minimum atomic E-state index is -3.68. The highest BCUT2D eigenvalue weighted by Gasteiger charge is 2.28. The molecule has 0 bridgehead atoms. The topological polar surface area (TPSA) is 115 Å². The van der Waals surface area contributed by atoms with Crippen LogP contribution in [0.2, 0.25) is 0 Å². The first-order valence-corrected chi connectivity index (χ1v) is 13.7. The molecule has 0 unspecified atom stereocenters. The second-order valence-electron chi connectivity index (χ2n) is 9.18. The van der Waals surface area contributed by atoms with Gasteiger partial charge in [-0.1, -0.05) is 32.9 Å². The third-order valence-electron chi connectivity index (χ3n) is 5.72. The van der Waals surface area contributed by atoms with Crippen LogP contribution in [-0.4, -0.2) is 45.0 Å². The zero-order valence-electron chi connectivity index (χ0n) is 17.9. The van der Waals surface area contributed by atoms with Crippen LogP contribution < -0.4 is 4.72 Å². The maximum atomic E-state index is 12.8. The van der Waals surface area contributed by atoms with Gasteiger partial charge in [-0.25, -0.2) is 18.1 Å². The van der Waals surface area contributed by atoms with Crippen molar-refractivity contribution in [2.45, 2.75) is 50.0 Å². The van der Waals surface area contributed by atoms with Gasteiger partial charge in [-0.05, 0) is 48.2 Å². The van der Waals surface area contributed by atoms with Gasteiger partial charge in [0.15, 0.2) is 0 Å². The Hall–Kier alpha value is -1.91. The van der Waals surface area contributed by atoms with Gasteiger partial charge in [0.25, 0.3) is 0 Å². The summed E-state index contributed by atoms with van der Waals surface area (Å²) in [5.41, 5.74) is 3.77. The molecule has 0 saturated carbocycles. The van der Waals surface area contributed by atoms with E-state index in [1.165, 1.54) is 0 Å². The van der Waals surface area contributed by atoms with E-state index in [0.717, 1.165) is 27.9 Å². The average Bonchev–Trinajstić information content (AvgIpc) is 3.15. The Morgan fingerprint density at radius 1 is 1.10 bits per heavy atom. The molecule has 9 heteroatoms. The third kappa shape index (κ3) is 4.80. The van der Waals surface area contributed by atoms with Gasteiger partial charge in [-0.3, -0.25) is 9.11 Å². The van der Waals surface area contributed by atoms with Gasteiger partial charge >= 0.3 is 0 Å². The molecule has 3 aromatic rings. The van der Waals surface area contributed by atoms with E-state index in [4.69, 9.17) is 0 Å². The van der Waals surface area contributed by atoms with Gasteiger partial charge < -0.3 is 4.98 Å². The Bertz CT molecular complexity index is 1190. The van der Waals surface area contributed by atoms with Crippen molar-refractivity contribution in [2.75, 3.05) is 11.5 Å². The van der Waals surface area contributed by atoms with Crippen LogP contribution in [0.5, 0.6) is 0 Å². The molecule has 4 N–H and O–H groups in total. The fraction of sp³-hybridized carbons (Fsp3) is 0.409. The fourth-order valence-electron chi connectivity index (χ4n) is 3.81. The molecule has 1 fully saturated rings. The lowest BCUT2D eigenvalue weighted by molar-refractivity contribution is 0.444. The number of rotatable bonds is 4. The van der Waals surface area contributed by atoms with Crippen molar-refractivity contribution in [3.63, 3.8) is 0 Å². The molecule has 4 rings (SSSR count). The van der Waals surface area contributed by atoms with Gasteiger partial charge in [0.1, 0.15) is 5.65 Å². The summed E-state index contributed by atoms with van der Waals surface area (Å²) in [5.74, 6) is 0.481. The van der Waals surface area contributed by atoms with Gasteiger partial charge in [0.05, 0.1) is 4.90 Å². The van der Waals surface area contributed by atoms with E-state index in [-0.39, 0.29) is 27.9 Å². The molecular weight excluding hydrogens is 434 g/mol. The maximum absolute atomic E-state index is 12.8. The lowest BCUT2D eigenvalue weighted by Crippen LogP contribution is -2.39. The minimum absolute atomic E-state index is 0.0338. The predicted octanol–water partition coefficient (Wildman–Crippen LogP) is 4.72. The van der Waals surface area contributed by atoms with Crippen molar-refractivity contribution in [2.24, 2.45) is 0 Å². The quantitative estimate of drug-likeness (QED) is 0.447. The summed E-state index contributed by atoms with van der Waals surface area (Å²) in [6, 6.07) is 10.6. The fourth-order valence-corrected chi connectivity index (χ4v) is 6.64. The van der Waals surface area contributed by atoms with Crippen LogP contribution in [0.15, 0.2) is 47.5 Å². The van der Waals surface area contributed by atoms with Gasteiger partial charge in [0.2, 0.25) is 10.0 Å². The summed E-state index contributed by atoms with van der Waals surface area (Å²) in [5, 5.41) is 1.00. The molecule has 1 aromatic carbocycles. The normalized spacial score (nSPS) is 18.9. The van der Waals surface area contributed by atoms with Gasteiger partial charge in [-0.2, -0.15) is 10.6 Å². The Labute approximate surface area is 184 Å². The van der Waals surface area contributed by atoms with Crippen molar-refractivity contribution >= 4 is 31.6 Å². The van der Waals surface area contributed by atoms with E-state index in [1.807, 2.05) is 18.2 Å². The zero-order valence-corrected chi connectivity index (χ0v) is 19.6. The largest absolute Gasteiger partial charge is 0.343 e. The molecule has 0 atom stereocenters. The first kappa shape index (κ1) is 22.3.